The summed E-state index contributed by atoms with van der Waals surface area (Å²) in [6.45, 7) is 5.52. The minimum absolute atomic E-state index is 0.00145. The molecule has 0 saturated carbocycles. The molecule has 150 valence electrons. The lowest BCUT2D eigenvalue weighted by atomic mass is 10.2. The number of halogens is 1. The van der Waals surface area contributed by atoms with E-state index in [9.17, 15) is 14.0 Å². The third-order valence-corrected chi connectivity index (χ3v) is 4.64. The fraction of sp³-hybridized carbons (Fsp3) is 0.421. The van der Waals surface area contributed by atoms with Gasteiger partial charge in [-0.2, -0.15) is 0 Å². The molecule has 1 aromatic heterocycles. The molecule has 8 nitrogen and oxygen atoms in total. The number of amides is 3. The lowest BCUT2D eigenvalue weighted by Gasteiger charge is -2.34. The van der Waals surface area contributed by atoms with E-state index in [1.165, 1.54) is 12.4 Å². The largest absolute Gasteiger partial charge is 0.355 e. The minimum atomic E-state index is -0.372. The second-order valence-corrected chi connectivity index (χ2v) is 6.63. The van der Waals surface area contributed by atoms with Crippen LogP contribution in [-0.4, -0.2) is 70.6 Å². The van der Waals surface area contributed by atoms with Crippen LogP contribution in [0.5, 0.6) is 0 Å². The first kappa shape index (κ1) is 19.8. The van der Waals surface area contributed by atoms with Crippen molar-refractivity contribution in [2.45, 2.75) is 13.5 Å². The van der Waals surface area contributed by atoms with Crippen molar-refractivity contribution < 1.29 is 14.0 Å². The van der Waals surface area contributed by atoms with Gasteiger partial charge in [0.2, 0.25) is 5.91 Å². The van der Waals surface area contributed by atoms with E-state index in [0.717, 1.165) is 0 Å². The van der Waals surface area contributed by atoms with Gasteiger partial charge in [0, 0.05) is 51.7 Å². The molecule has 9 heteroatoms. The molecule has 0 spiro atoms. The number of benzene rings is 1. The van der Waals surface area contributed by atoms with Gasteiger partial charge in [-0.25, -0.2) is 14.2 Å². The summed E-state index contributed by atoms with van der Waals surface area (Å²) in [5.74, 6) is -0.370. The Kier molecular flexibility index (Phi) is 6.59. The molecule has 0 radical (unpaired) electrons. The number of hydrogen-bond donors (Lipinski definition) is 2. The van der Waals surface area contributed by atoms with Crippen molar-refractivity contribution in [1.29, 1.82) is 0 Å². The summed E-state index contributed by atoms with van der Waals surface area (Å²) in [6.07, 6.45) is 4.79. The molecule has 1 aromatic carbocycles. The molecule has 0 unspecified atom stereocenters. The van der Waals surface area contributed by atoms with Crippen LogP contribution in [-0.2, 0) is 11.3 Å². The predicted octanol–water partition coefficient (Wildman–Crippen LogP) is 0.975. The smallest absolute Gasteiger partial charge is 0.317 e. The summed E-state index contributed by atoms with van der Waals surface area (Å²) in [5.41, 5.74) is 1.10. The molecular weight excluding hydrogens is 363 g/mol. The zero-order chi connectivity index (χ0) is 19.9. The van der Waals surface area contributed by atoms with Gasteiger partial charge >= 0.3 is 6.03 Å². The molecule has 1 saturated heterocycles. The monoisotopic (exact) mass is 388 g/mol. The molecule has 2 aromatic rings. The fourth-order valence-electron chi connectivity index (χ4n) is 3.13. The van der Waals surface area contributed by atoms with Gasteiger partial charge in [0.25, 0.3) is 0 Å². The number of carbonyl (C=O) groups is 2. The van der Waals surface area contributed by atoms with E-state index >= 15 is 0 Å². The average Bonchev–Trinajstić information content (AvgIpc) is 3.21. The van der Waals surface area contributed by atoms with E-state index < -0.39 is 0 Å². The van der Waals surface area contributed by atoms with Gasteiger partial charge in [-0.1, -0.05) is 6.07 Å². The SMILES string of the molecule is CCNC(=O)CN1CCN(C(=O)NCc2ccc(-n3ccnc3)c(F)c2)CC1. The van der Waals surface area contributed by atoms with Crippen LogP contribution in [0.4, 0.5) is 9.18 Å². The number of nitrogens with one attached hydrogen (secondary N) is 2. The zero-order valence-electron chi connectivity index (χ0n) is 15.9. The Bertz CT molecular complexity index is 803. The summed E-state index contributed by atoms with van der Waals surface area (Å²) < 4.78 is 15.9. The number of aromatic nitrogens is 2. The van der Waals surface area contributed by atoms with Crippen molar-refractivity contribution >= 4 is 11.9 Å². The fourth-order valence-corrected chi connectivity index (χ4v) is 3.13. The van der Waals surface area contributed by atoms with Crippen molar-refractivity contribution in [1.82, 2.24) is 30.0 Å². The number of imidazole rings is 1. The number of likely N-dealkylation sites (N-methyl/N-ethyl adjacent to an activating group) is 1. The molecule has 2 heterocycles. The van der Waals surface area contributed by atoms with Crippen molar-refractivity contribution in [3.63, 3.8) is 0 Å². The Morgan fingerprint density at radius 2 is 1.96 bits per heavy atom. The summed E-state index contributed by atoms with van der Waals surface area (Å²) in [6, 6.07) is 4.68. The quantitative estimate of drug-likeness (QED) is 0.773. The van der Waals surface area contributed by atoms with E-state index in [0.29, 0.717) is 50.5 Å². The van der Waals surface area contributed by atoms with Gasteiger partial charge in [-0.15, -0.1) is 0 Å². The second kappa shape index (κ2) is 9.32. The van der Waals surface area contributed by atoms with Gasteiger partial charge in [-0.3, -0.25) is 9.69 Å². The molecular formula is C19H25FN6O2. The van der Waals surface area contributed by atoms with E-state index in [-0.39, 0.29) is 24.3 Å². The summed E-state index contributed by atoms with van der Waals surface area (Å²) in [5, 5.41) is 5.60. The first-order chi connectivity index (χ1) is 13.6. The highest BCUT2D eigenvalue weighted by molar-refractivity contribution is 5.78. The Balaban J connectivity index is 1.46. The van der Waals surface area contributed by atoms with Gasteiger partial charge in [0.05, 0.1) is 18.6 Å². The van der Waals surface area contributed by atoms with E-state index in [4.69, 9.17) is 0 Å². The highest BCUT2D eigenvalue weighted by Gasteiger charge is 2.22. The Hall–Kier alpha value is -2.94. The van der Waals surface area contributed by atoms with E-state index in [2.05, 4.69) is 15.6 Å². The Morgan fingerprint density at radius 3 is 2.61 bits per heavy atom. The molecule has 3 rings (SSSR count). The van der Waals surface area contributed by atoms with Gasteiger partial charge in [0.15, 0.2) is 0 Å². The van der Waals surface area contributed by atoms with E-state index in [1.54, 1.807) is 34.0 Å². The van der Waals surface area contributed by atoms with Crippen LogP contribution in [0, 0.1) is 5.82 Å². The molecule has 0 aliphatic carbocycles. The normalized spacial score (nSPS) is 14.7. The topological polar surface area (TPSA) is 82.5 Å². The van der Waals surface area contributed by atoms with Crippen molar-refractivity contribution in [3.05, 3.63) is 48.3 Å². The van der Waals surface area contributed by atoms with Crippen molar-refractivity contribution in [2.24, 2.45) is 0 Å². The highest BCUT2D eigenvalue weighted by Crippen LogP contribution is 2.15. The third kappa shape index (κ3) is 5.07. The predicted molar refractivity (Wildman–Crippen MR) is 102 cm³/mol. The maximum atomic E-state index is 14.3. The van der Waals surface area contributed by atoms with Crippen LogP contribution in [0.1, 0.15) is 12.5 Å². The number of rotatable bonds is 6. The van der Waals surface area contributed by atoms with Crippen molar-refractivity contribution in [2.75, 3.05) is 39.3 Å². The third-order valence-electron chi connectivity index (χ3n) is 4.64. The van der Waals surface area contributed by atoms with Crippen LogP contribution in [0.15, 0.2) is 36.9 Å². The zero-order valence-corrected chi connectivity index (χ0v) is 15.9. The van der Waals surface area contributed by atoms with Crippen LogP contribution >= 0.6 is 0 Å². The molecule has 0 atom stereocenters. The Morgan fingerprint density at radius 1 is 1.18 bits per heavy atom. The molecule has 28 heavy (non-hydrogen) atoms. The number of urea groups is 1. The molecule has 0 bridgehead atoms. The second-order valence-electron chi connectivity index (χ2n) is 6.63. The number of nitrogens with zero attached hydrogens (tertiary/aromatic N) is 4. The maximum absolute atomic E-state index is 14.3. The number of hydrogen-bond acceptors (Lipinski definition) is 4. The minimum Gasteiger partial charge on any atom is -0.355 e. The summed E-state index contributed by atoms with van der Waals surface area (Å²) in [4.78, 5) is 31.6. The van der Waals surface area contributed by atoms with Crippen LogP contribution < -0.4 is 10.6 Å². The molecule has 1 aliphatic heterocycles. The molecule has 3 amide bonds. The first-order valence-corrected chi connectivity index (χ1v) is 9.35. The lowest BCUT2D eigenvalue weighted by Crippen LogP contribution is -2.53. The summed E-state index contributed by atoms with van der Waals surface area (Å²) >= 11 is 0. The highest BCUT2D eigenvalue weighted by atomic mass is 19.1. The van der Waals surface area contributed by atoms with Crippen LogP contribution in [0.2, 0.25) is 0 Å². The molecule has 1 fully saturated rings. The number of piperazine rings is 1. The van der Waals surface area contributed by atoms with Gasteiger partial charge in [-0.05, 0) is 24.6 Å². The van der Waals surface area contributed by atoms with Gasteiger partial charge < -0.3 is 20.1 Å². The molecule has 1 aliphatic rings. The Labute approximate surface area is 163 Å². The maximum Gasteiger partial charge on any atom is 0.317 e. The van der Waals surface area contributed by atoms with Gasteiger partial charge in [0.1, 0.15) is 5.82 Å². The van der Waals surface area contributed by atoms with Crippen LogP contribution in [0.25, 0.3) is 5.69 Å². The number of carbonyl (C=O) groups excluding carboxylic acids is 2. The van der Waals surface area contributed by atoms with E-state index in [1.807, 2.05) is 11.8 Å². The molecule has 2 N–H and O–H groups in total. The summed E-state index contributed by atoms with van der Waals surface area (Å²) in [7, 11) is 0. The van der Waals surface area contributed by atoms with Crippen molar-refractivity contribution in [3.8, 4) is 5.69 Å². The first-order valence-electron chi connectivity index (χ1n) is 9.35. The standard InChI is InChI=1S/C19H25FN6O2/c1-2-22-18(27)13-24-7-9-25(10-8-24)19(28)23-12-15-3-4-17(16(20)11-15)26-6-5-21-14-26/h3-6,11,14H,2,7-10,12-13H2,1H3,(H,22,27)(H,23,28). The lowest BCUT2D eigenvalue weighted by molar-refractivity contribution is -0.122. The van der Waals surface area contributed by atoms with Crippen LogP contribution in [0.3, 0.4) is 0 Å². The average molecular weight is 388 g/mol.